The quantitative estimate of drug-likeness (QED) is 0.274. The third-order valence-corrected chi connectivity index (χ3v) is 2.81. The molecule has 0 spiro atoms. The number of aliphatic imine (C=N–C) groups is 1. The van der Waals surface area contributed by atoms with Gasteiger partial charge in [0.05, 0.1) is 10.8 Å². The van der Waals surface area contributed by atoms with E-state index in [1.54, 1.807) is 6.07 Å². The molecule has 0 saturated heterocycles. The van der Waals surface area contributed by atoms with Crippen molar-refractivity contribution in [2.45, 2.75) is 6.92 Å². The number of esters is 1. The Labute approximate surface area is 128 Å². The summed E-state index contributed by atoms with van der Waals surface area (Å²) in [5.41, 5.74) is 2.47. The molecule has 2 aromatic rings. The average Bonchev–Trinajstić information content (AvgIpc) is 2.47. The molecule has 0 atom stereocenters. The van der Waals surface area contributed by atoms with Gasteiger partial charge in [0.15, 0.2) is 0 Å². The fraction of sp³-hybridized carbons (Fsp3) is 0.0588. The first kappa shape index (κ1) is 14.9. The first-order valence-corrected chi connectivity index (χ1v) is 6.74. The van der Waals surface area contributed by atoms with E-state index in [1.807, 2.05) is 54.6 Å². The number of hydrogen-bond acceptors (Lipinski definition) is 4. The van der Waals surface area contributed by atoms with E-state index >= 15 is 0 Å². The molecule has 0 N–H and O–H groups in total. The van der Waals surface area contributed by atoms with Crippen molar-refractivity contribution in [2.24, 2.45) is 4.99 Å². The van der Waals surface area contributed by atoms with Gasteiger partial charge >= 0.3 is 5.97 Å². The van der Waals surface area contributed by atoms with E-state index in [0.29, 0.717) is 5.75 Å². The molecular weight excluding hydrogens is 282 g/mol. The van der Waals surface area contributed by atoms with Crippen LogP contribution in [-0.2, 0) is 4.79 Å². The van der Waals surface area contributed by atoms with E-state index in [9.17, 15) is 4.79 Å². The Morgan fingerprint density at radius 3 is 2.43 bits per heavy atom. The number of hydrogen-bond donors (Lipinski definition) is 0. The first-order chi connectivity index (χ1) is 10.2. The molecule has 0 radical (unpaired) electrons. The molecule has 0 aliphatic carbocycles. The Morgan fingerprint density at radius 1 is 1.10 bits per heavy atom. The van der Waals surface area contributed by atoms with Crippen molar-refractivity contribution >= 4 is 41.2 Å². The fourth-order valence-corrected chi connectivity index (χ4v) is 1.92. The number of benzene rings is 2. The normalized spacial score (nSPS) is 10.1. The summed E-state index contributed by atoms with van der Waals surface area (Å²) in [6.45, 7) is 1.38. The lowest BCUT2D eigenvalue weighted by Crippen LogP contribution is -2.02. The van der Waals surface area contributed by atoms with Crippen LogP contribution in [0, 0.1) is 0 Å². The number of nitrogens with zero attached hydrogens (tertiary/aromatic N) is 1. The van der Waals surface area contributed by atoms with Crippen LogP contribution in [0.15, 0.2) is 53.5 Å². The van der Waals surface area contributed by atoms with Crippen LogP contribution in [0.3, 0.4) is 0 Å². The Kier molecular flexibility index (Phi) is 5.16. The second-order valence-corrected chi connectivity index (χ2v) is 4.41. The van der Waals surface area contributed by atoms with E-state index in [1.165, 1.54) is 6.92 Å². The van der Waals surface area contributed by atoms with Gasteiger partial charge in [-0.05, 0) is 24.4 Å². The van der Waals surface area contributed by atoms with Gasteiger partial charge in [0, 0.05) is 18.1 Å². The molecule has 4 heteroatoms. The Hall–Kier alpha value is -2.55. The molecule has 2 aromatic carbocycles. The highest BCUT2D eigenvalue weighted by molar-refractivity contribution is 7.78. The van der Waals surface area contributed by atoms with Gasteiger partial charge in [0.25, 0.3) is 0 Å². The lowest BCUT2D eigenvalue weighted by atomic mass is 10.1. The minimum atomic E-state index is -0.346. The molecule has 0 aliphatic rings. The third kappa shape index (κ3) is 4.21. The van der Waals surface area contributed by atoms with E-state index in [0.717, 1.165) is 16.8 Å². The molecule has 0 amide bonds. The molecule has 0 saturated carbocycles. The summed E-state index contributed by atoms with van der Waals surface area (Å²) >= 11 is 4.64. The lowest BCUT2D eigenvalue weighted by Gasteiger charge is -2.05. The van der Waals surface area contributed by atoms with E-state index in [-0.39, 0.29) is 5.97 Å². The second kappa shape index (κ2) is 7.29. The van der Waals surface area contributed by atoms with Crippen LogP contribution in [0.2, 0.25) is 0 Å². The number of rotatable bonds is 4. The van der Waals surface area contributed by atoms with E-state index < -0.39 is 0 Å². The van der Waals surface area contributed by atoms with Crippen LogP contribution in [0.1, 0.15) is 18.1 Å². The van der Waals surface area contributed by atoms with Crippen molar-refractivity contribution in [1.29, 1.82) is 0 Å². The zero-order valence-electron chi connectivity index (χ0n) is 11.4. The Bertz CT molecular complexity index is 731. The third-order valence-electron chi connectivity index (χ3n) is 2.72. The van der Waals surface area contributed by atoms with Crippen molar-refractivity contribution in [2.75, 3.05) is 0 Å². The van der Waals surface area contributed by atoms with Gasteiger partial charge in [-0.2, -0.15) is 4.99 Å². The zero-order chi connectivity index (χ0) is 15.1. The molecule has 21 heavy (non-hydrogen) atoms. The van der Waals surface area contributed by atoms with Gasteiger partial charge in [-0.1, -0.05) is 48.6 Å². The van der Waals surface area contributed by atoms with Gasteiger partial charge in [-0.15, -0.1) is 0 Å². The van der Waals surface area contributed by atoms with Crippen LogP contribution in [0.25, 0.3) is 12.2 Å². The molecule has 0 aromatic heterocycles. The minimum absolute atomic E-state index is 0.346. The SMILES string of the molecule is CC(=O)Oc1ccccc1/C=C/c1ccccc1N=C=S. The molecule has 0 fully saturated rings. The molecular formula is C17H13NO2S. The van der Waals surface area contributed by atoms with Crippen molar-refractivity contribution in [3.05, 3.63) is 59.7 Å². The van der Waals surface area contributed by atoms with Gasteiger partial charge in [0.1, 0.15) is 5.75 Å². The summed E-state index contributed by atoms with van der Waals surface area (Å²) in [6.07, 6.45) is 3.77. The summed E-state index contributed by atoms with van der Waals surface area (Å²) in [5, 5.41) is 2.37. The predicted molar refractivity (Wildman–Crippen MR) is 87.8 cm³/mol. The predicted octanol–water partition coefficient (Wildman–Crippen LogP) is 4.52. The van der Waals surface area contributed by atoms with Crippen molar-refractivity contribution in [1.82, 2.24) is 0 Å². The summed E-state index contributed by atoms with van der Waals surface area (Å²) in [6, 6.07) is 14.9. The van der Waals surface area contributed by atoms with Crippen LogP contribution >= 0.6 is 12.2 Å². The number of isothiocyanates is 1. The maximum absolute atomic E-state index is 11.1. The molecule has 104 valence electrons. The van der Waals surface area contributed by atoms with Crippen LogP contribution in [0.5, 0.6) is 5.75 Å². The van der Waals surface area contributed by atoms with E-state index in [4.69, 9.17) is 4.74 Å². The number of para-hydroxylation sites is 2. The number of carbonyl (C=O) groups is 1. The number of carbonyl (C=O) groups excluding carboxylic acids is 1. The monoisotopic (exact) mass is 295 g/mol. The summed E-state index contributed by atoms with van der Waals surface area (Å²) in [4.78, 5) is 15.1. The minimum Gasteiger partial charge on any atom is -0.426 e. The molecule has 0 bridgehead atoms. The van der Waals surface area contributed by atoms with Gasteiger partial charge in [0.2, 0.25) is 0 Å². The van der Waals surface area contributed by atoms with Crippen LogP contribution < -0.4 is 4.74 Å². The topological polar surface area (TPSA) is 38.7 Å². The molecule has 0 aliphatic heterocycles. The summed E-state index contributed by atoms with van der Waals surface area (Å²) in [7, 11) is 0. The Morgan fingerprint density at radius 2 is 1.71 bits per heavy atom. The second-order valence-electron chi connectivity index (χ2n) is 4.23. The van der Waals surface area contributed by atoms with Crippen LogP contribution in [-0.4, -0.2) is 11.1 Å². The maximum atomic E-state index is 11.1. The number of ether oxygens (including phenoxy) is 1. The van der Waals surface area contributed by atoms with Crippen molar-refractivity contribution < 1.29 is 9.53 Å². The Balaban J connectivity index is 2.34. The largest absolute Gasteiger partial charge is 0.426 e. The van der Waals surface area contributed by atoms with Crippen molar-refractivity contribution in [3.63, 3.8) is 0 Å². The standard InChI is InChI=1S/C17H13NO2S/c1-13(19)20-17-9-5-3-7-15(17)11-10-14-6-2-4-8-16(14)18-12-21/h2-11H,1H3/b11-10+. The number of thiocarbonyl (C=S) groups is 1. The highest BCUT2D eigenvalue weighted by Gasteiger charge is 2.03. The first-order valence-electron chi connectivity index (χ1n) is 6.33. The van der Waals surface area contributed by atoms with Gasteiger partial charge in [-0.25, -0.2) is 0 Å². The summed E-state index contributed by atoms with van der Waals surface area (Å²) in [5.74, 6) is 0.179. The summed E-state index contributed by atoms with van der Waals surface area (Å²) < 4.78 is 5.17. The molecule has 0 unspecified atom stereocenters. The highest BCUT2D eigenvalue weighted by atomic mass is 32.1. The van der Waals surface area contributed by atoms with Gasteiger partial charge < -0.3 is 4.74 Å². The molecule has 2 rings (SSSR count). The molecule has 3 nitrogen and oxygen atoms in total. The van der Waals surface area contributed by atoms with Crippen molar-refractivity contribution in [3.8, 4) is 5.75 Å². The average molecular weight is 295 g/mol. The lowest BCUT2D eigenvalue weighted by molar-refractivity contribution is -0.131. The van der Waals surface area contributed by atoms with Crippen LogP contribution in [0.4, 0.5) is 5.69 Å². The maximum Gasteiger partial charge on any atom is 0.308 e. The highest BCUT2D eigenvalue weighted by Crippen LogP contribution is 2.24. The zero-order valence-corrected chi connectivity index (χ0v) is 12.3. The molecule has 0 heterocycles. The smallest absolute Gasteiger partial charge is 0.308 e. The van der Waals surface area contributed by atoms with Gasteiger partial charge in [-0.3, -0.25) is 4.79 Å². The fourth-order valence-electron chi connectivity index (χ4n) is 1.83. The van der Waals surface area contributed by atoms with E-state index in [2.05, 4.69) is 22.4 Å².